The van der Waals surface area contributed by atoms with Gasteiger partial charge >= 0.3 is 5.97 Å². The molecule has 10 nitrogen and oxygen atoms in total. The summed E-state index contributed by atoms with van der Waals surface area (Å²) in [7, 11) is 2.85. The summed E-state index contributed by atoms with van der Waals surface area (Å²) < 4.78 is 15.7. The third-order valence-corrected chi connectivity index (χ3v) is 5.21. The number of anilines is 2. The van der Waals surface area contributed by atoms with Crippen LogP contribution in [0.4, 0.5) is 16.5 Å². The Labute approximate surface area is 187 Å². The van der Waals surface area contributed by atoms with E-state index in [-0.39, 0.29) is 29.5 Å². The van der Waals surface area contributed by atoms with Gasteiger partial charge in [0.25, 0.3) is 5.69 Å². The van der Waals surface area contributed by atoms with Gasteiger partial charge in [-0.15, -0.1) is 11.3 Å². The summed E-state index contributed by atoms with van der Waals surface area (Å²) in [5.74, 6) is -0.413. The predicted molar refractivity (Wildman–Crippen MR) is 117 cm³/mol. The summed E-state index contributed by atoms with van der Waals surface area (Å²) in [6, 6.07) is 10.7. The Morgan fingerprint density at radius 2 is 1.84 bits per heavy atom. The van der Waals surface area contributed by atoms with Gasteiger partial charge in [-0.3, -0.25) is 19.8 Å². The average molecular weight is 457 g/mol. The molecule has 0 unspecified atom stereocenters. The summed E-state index contributed by atoms with van der Waals surface area (Å²) in [5, 5.41) is 13.0. The van der Waals surface area contributed by atoms with Crippen LogP contribution in [0.3, 0.4) is 0 Å². The molecule has 0 aliphatic heterocycles. The molecule has 3 aromatic rings. The lowest BCUT2D eigenvalue weighted by molar-refractivity contribution is -0.384. The molecule has 0 N–H and O–H groups in total. The number of nitro groups is 1. The van der Waals surface area contributed by atoms with Gasteiger partial charge in [-0.05, 0) is 18.2 Å². The summed E-state index contributed by atoms with van der Waals surface area (Å²) in [4.78, 5) is 41.0. The largest absolute Gasteiger partial charge is 0.496 e. The van der Waals surface area contributed by atoms with Gasteiger partial charge in [-0.25, -0.2) is 9.78 Å². The van der Waals surface area contributed by atoms with E-state index in [1.165, 1.54) is 49.5 Å². The lowest BCUT2D eigenvalue weighted by atomic mass is 10.2. The lowest BCUT2D eigenvalue weighted by Gasteiger charge is -2.20. The summed E-state index contributed by atoms with van der Waals surface area (Å²) in [5.41, 5.74) is 0.602. The van der Waals surface area contributed by atoms with Crippen molar-refractivity contribution in [1.29, 1.82) is 0 Å². The van der Waals surface area contributed by atoms with E-state index in [9.17, 15) is 19.7 Å². The fourth-order valence-corrected chi connectivity index (χ4v) is 3.74. The Balaban J connectivity index is 1.79. The normalized spacial score (nSPS) is 10.3. The van der Waals surface area contributed by atoms with Crippen LogP contribution < -0.4 is 14.4 Å². The van der Waals surface area contributed by atoms with Crippen molar-refractivity contribution in [2.75, 3.05) is 19.1 Å². The highest BCUT2D eigenvalue weighted by Crippen LogP contribution is 2.35. The van der Waals surface area contributed by atoms with Crippen molar-refractivity contribution in [2.24, 2.45) is 0 Å². The van der Waals surface area contributed by atoms with Crippen LogP contribution in [0, 0.1) is 10.1 Å². The second-order valence-electron chi connectivity index (χ2n) is 6.37. The first kappa shape index (κ1) is 22.7. The number of ether oxygens (including phenoxy) is 3. The van der Waals surface area contributed by atoms with Gasteiger partial charge in [0, 0.05) is 24.4 Å². The average Bonchev–Trinajstić information content (AvgIpc) is 3.25. The third-order valence-electron chi connectivity index (χ3n) is 4.34. The highest BCUT2D eigenvalue weighted by Gasteiger charge is 2.22. The zero-order chi connectivity index (χ0) is 23.3. The first-order chi connectivity index (χ1) is 15.3. The van der Waals surface area contributed by atoms with Gasteiger partial charge in [0.05, 0.1) is 30.5 Å². The molecule has 0 aliphatic rings. The van der Waals surface area contributed by atoms with Crippen LogP contribution in [0.25, 0.3) is 0 Å². The van der Waals surface area contributed by atoms with E-state index in [1.54, 1.807) is 29.6 Å². The number of amides is 1. The molecule has 0 fully saturated rings. The van der Waals surface area contributed by atoms with Crippen LogP contribution in [0.1, 0.15) is 23.0 Å². The minimum absolute atomic E-state index is 0.0727. The van der Waals surface area contributed by atoms with Crippen LogP contribution in [-0.4, -0.2) is 36.0 Å². The van der Waals surface area contributed by atoms with E-state index in [4.69, 9.17) is 14.2 Å². The van der Waals surface area contributed by atoms with Gasteiger partial charge in [-0.1, -0.05) is 12.1 Å². The second-order valence-corrected chi connectivity index (χ2v) is 7.20. The highest BCUT2D eigenvalue weighted by molar-refractivity contribution is 7.14. The topological polar surface area (TPSA) is 121 Å². The Kier molecular flexibility index (Phi) is 7.00. The molecule has 0 spiro atoms. The molecule has 11 heteroatoms. The fourth-order valence-electron chi connectivity index (χ4n) is 2.87. The second kappa shape index (κ2) is 9.88. The van der Waals surface area contributed by atoms with Crippen molar-refractivity contribution in [2.45, 2.75) is 13.5 Å². The maximum absolute atomic E-state index is 12.5. The number of rotatable bonds is 8. The van der Waals surface area contributed by atoms with Gasteiger partial charge in [0.1, 0.15) is 23.7 Å². The van der Waals surface area contributed by atoms with Gasteiger partial charge in [0.15, 0.2) is 5.13 Å². The van der Waals surface area contributed by atoms with Crippen molar-refractivity contribution in [3.63, 3.8) is 0 Å². The first-order valence-corrected chi connectivity index (χ1v) is 10.1. The molecular formula is C21H19N3O7S. The van der Waals surface area contributed by atoms with E-state index in [0.29, 0.717) is 22.3 Å². The molecule has 1 amide bonds. The van der Waals surface area contributed by atoms with Crippen LogP contribution in [0.15, 0.2) is 47.8 Å². The third kappa shape index (κ3) is 4.83. The number of aromatic nitrogens is 1. The molecule has 0 bridgehead atoms. The number of hydrogen-bond donors (Lipinski definition) is 0. The minimum Gasteiger partial charge on any atom is -0.496 e. The maximum Gasteiger partial charge on any atom is 0.342 e. The molecule has 0 aliphatic carbocycles. The molecule has 1 heterocycles. The number of nitro benzene ring substituents is 1. The van der Waals surface area contributed by atoms with Crippen molar-refractivity contribution in [3.8, 4) is 11.5 Å². The molecule has 2 aromatic carbocycles. The number of nitrogens with zero attached hydrogens (tertiary/aromatic N) is 3. The van der Waals surface area contributed by atoms with E-state index in [0.717, 1.165) is 6.07 Å². The molecular weight excluding hydrogens is 438 g/mol. The molecule has 0 atom stereocenters. The van der Waals surface area contributed by atoms with Crippen molar-refractivity contribution < 1.29 is 28.7 Å². The zero-order valence-electron chi connectivity index (χ0n) is 17.4. The number of para-hydroxylation sites is 2. The number of methoxy groups -OCH3 is 2. The Bertz CT molecular complexity index is 1160. The number of non-ortho nitro benzene ring substituents is 1. The number of hydrogen-bond acceptors (Lipinski definition) is 9. The van der Waals surface area contributed by atoms with E-state index in [1.807, 2.05) is 0 Å². The lowest BCUT2D eigenvalue weighted by Crippen LogP contribution is -2.23. The van der Waals surface area contributed by atoms with Crippen molar-refractivity contribution >= 4 is 39.7 Å². The molecule has 32 heavy (non-hydrogen) atoms. The summed E-state index contributed by atoms with van der Waals surface area (Å²) in [6.07, 6.45) is 0. The molecule has 0 radical (unpaired) electrons. The van der Waals surface area contributed by atoms with Crippen LogP contribution in [0.2, 0.25) is 0 Å². The molecule has 166 valence electrons. The van der Waals surface area contributed by atoms with Crippen LogP contribution in [0.5, 0.6) is 11.5 Å². The van der Waals surface area contributed by atoms with E-state index in [2.05, 4.69) is 4.98 Å². The van der Waals surface area contributed by atoms with Crippen molar-refractivity contribution in [1.82, 2.24) is 4.98 Å². The number of carbonyl (C=O) groups excluding carboxylic acids is 2. The summed E-state index contributed by atoms with van der Waals surface area (Å²) in [6.45, 7) is 1.21. The van der Waals surface area contributed by atoms with Crippen molar-refractivity contribution in [3.05, 3.63) is 69.2 Å². The quantitative estimate of drug-likeness (QED) is 0.281. The number of benzene rings is 2. The maximum atomic E-state index is 12.5. The standard InChI is InChI=1S/C21H19N3O7S/c1-13(25)23(17-6-4-5-7-19(17)30-3)21-22-14(12-32-21)11-31-20(26)16-10-15(24(27)28)8-9-18(16)29-2/h4-10,12H,11H2,1-3H3. The SMILES string of the molecule is COc1ccc([N+](=O)[O-])cc1C(=O)OCc1csc(N(C(C)=O)c2ccccc2OC)n1. The smallest absolute Gasteiger partial charge is 0.342 e. The number of esters is 1. The highest BCUT2D eigenvalue weighted by atomic mass is 32.1. The molecule has 0 saturated carbocycles. The monoisotopic (exact) mass is 457 g/mol. The Hall–Kier alpha value is -3.99. The Morgan fingerprint density at radius 3 is 2.50 bits per heavy atom. The van der Waals surface area contributed by atoms with Crippen LogP contribution in [-0.2, 0) is 16.1 Å². The van der Waals surface area contributed by atoms with Gasteiger partial charge in [-0.2, -0.15) is 0 Å². The number of carbonyl (C=O) groups is 2. The number of thiazole rings is 1. The van der Waals surface area contributed by atoms with E-state index >= 15 is 0 Å². The minimum atomic E-state index is -0.798. The first-order valence-electron chi connectivity index (χ1n) is 9.23. The van der Waals surface area contributed by atoms with Gasteiger partial charge in [0.2, 0.25) is 5.91 Å². The van der Waals surface area contributed by atoms with Crippen LogP contribution >= 0.6 is 11.3 Å². The van der Waals surface area contributed by atoms with Gasteiger partial charge < -0.3 is 14.2 Å². The molecule has 1 aromatic heterocycles. The predicted octanol–water partition coefficient (Wildman–Crippen LogP) is 4.11. The molecule has 0 saturated heterocycles. The Morgan fingerprint density at radius 1 is 1.12 bits per heavy atom. The summed E-state index contributed by atoms with van der Waals surface area (Å²) >= 11 is 1.19. The zero-order valence-corrected chi connectivity index (χ0v) is 18.3. The van der Waals surface area contributed by atoms with E-state index < -0.39 is 10.9 Å². The fraction of sp³-hybridized carbons (Fsp3) is 0.190. The molecule has 3 rings (SSSR count).